The van der Waals surface area contributed by atoms with E-state index in [4.69, 9.17) is 5.14 Å². The highest BCUT2D eigenvalue weighted by Gasteiger charge is 2.15. The van der Waals surface area contributed by atoms with E-state index in [0.717, 1.165) is 0 Å². The van der Waals surface area contributed by atoms with Crippen LogP contribution in [0.2, 0.25) is 0 Å². The minimum absolute atomic E-state index is 0.0415. The van der Waals surface area contributed by atoms with Crippen LogP contribution < -0.4 is 15.6 Å². The van der Waals surface area contributed by atoms with Gasteiger partial charge in [-0.15, -0.1) is 0 Å². The van der Waals surface area contributed by atoms with E-state index >= 15 is 0 Å². The number of amides is 1. The second-order valence-corrected chi connectivity index (χ2v) is 5.89. The van der Waals surface area contributed by atoms with Gasteiger partial charge in [-0.25, -0.2) is 13.6 Å². The van der Waals surface area contributed by atoms with Crippen LogP contribution in [0.3, 0.4) is 0 Å². The Morgan fingerprint density at radius 3 is 2.29 bits per heavy atom. The van der Waals surface area contributed by atoms with Crippen molar-refractivity contribution in [2.75, 3.05) is 11.9 Å². The molecule has 0 aliphatic heterocycles. The number of hydrogen-bond donors (Lipinski definition) is 2. The number of primary sulfonamides is 1. The first kappa shape index (κ1) is 14.9. The molecule has 1 aromatic heterocycles. The molecule has 1 aromatic carbocycles. The molecule has 21 heavy (non-hydrogen) atoms. The van der Waals surface area contributed by atoms with Crippen molar-refractivity contribution in [2.24, 2.45) is 5.14 Å². The molecule has 3 N–H and O–H groups in total. The summed E-state index contributed by atoms with van der Waals surface area (Å²) < 4.78 is 22.3. The highest BCUT2D eigenvalue weighted by molar-refractivity contribution is 7.89. The molecule has 0 saturated carbocycles. The highest BCUT2D eigenvalue weighted by atomic mass is 32.2. The van der Waals surface area contributed by atoms with Gasteiger partial charge >= 0.3 is 0 Å². The average Bonchev–Trinajstić information content (AvgIpc) is 2.45. The Morgan fingerprint density at radius 2 is 1.76 bits per heavy atom. The number of benzene rings is 1. The third kappa shape index (κ3) is 3.36. The minimum Gasteiger partial charge on any atom is -0.318 e. The van der Waals surface area contributed by atoms with Crippen LogP contribution in [-0.4, -0.2) is 26.4 Å². The number of carbonyl (C=O) groups is 1. The van der Waals surface area contributed by atoms with Gasteiger partial charge in [0.05, 0.1) is 4.90 Å². The first-order chi connectivity index (χ1) is 9.79. The second-order valence-electron chi connectivity index (χ2n) is 4.33. The Bertz CT molecular complexity index is 825. The van der Waals surface area contributed by atoms with Crippen molar-refractivity contribution in [3.05, 3.63) is 58.5 Å². The Kier molecular flexibility index (Phi) is 3.92. The standard InChI is InChI=1S/C13H13N3O4S/c1-16(13(18)11-3-2-4-12(17)15-11)9-5-7-10(8-6-9)21(14,19)20/h2-8H,1H3,(H,15,17)(H2,14,19,20). The second kappa shape index (κ2) is 5.51. The summed E-state index contributed by atoms with van der Waals surface area (Å²) in [5.74, 6) is -0.420. The molecule has 0 radical (unpaired) electrons. The lowest BCUT2D eigenvalue weighted by atomic mass is 10.2. The molecule has 7 nitrogen and oxygen atoms in total. The fourth-order valence-corrected chi connectivity index (χ4v) is 2.25. The number of aromatic amines is 1. The zero-order valence-corrected chi connectivity index (χ0v) is 11.9. The SMILES string of the molecule is CN(C(=O)c1cccc(=O)[nH]1)c1ccc(S(N)(=O)=O)cc1. The fourth-order valence-electron chi connectivity index (χ4n) is 1.73. The number of aromatic nitrogens is 1. The summed E-state index contributed by atoms with van der Waals surface area (Å²) in [6, 6.07) is 9.79. The molecule has 0 atom stereocenters. The molecule has 0 aliphatic carbocycles. The van der Waals surface area contributed by atoms with Gasteiger partial charge < -0.3 is 9.88 Å². The summed E-state index contributed by atoms with van der Waals surface area (Å²) in [5, 5.41) is 5.00. The molecule has 2 aromatic rings. The predicted octanol–water partition coefficient (Wildman–Crippen LogP) is 0.299. The van der Waals surface area contributed by atoms with E-state index in [1.165, 1.54) is 54.4 Å². The van der Waals surface area contributed by atoms with E-state index in [0.29, 0.717) is 5.69 Å². The molecule has 0 unspecified atom stereocenters. The maximum atomic E-state index is 12.2. The molecule has 1 amide bonds. The molecular formula is C13H13N3O4S. The first-order valence-corrected chi connectivity index (χ1v) is 7.44. The van der Waals surface area contributed by atoms with E-state index in [1.54, 1.807) is 0 Å². The van der Waals surface area contributed by atoms with Crippen LogP contribution in [0.4, 0.5) is 5.69 Å². The molecule has 110 valence electrons. The van der Waals surface area contributed by atoms with Crippen LogP contribution in [0.5, 0.6) is 0 Å². The van der Waals surface area contributed by atoms with Crippen LogP contribution in [0, 0.1) is 0 Å². The molecular weight excluding hydrogens is 294 g/mol. The van der Waals surface area contributed by atoms with E-state index < -0.39 is 15.9 Å². The first-order valence-electron chi connectivity index (χ1n) is 5.89. The van der Waals surface area contributed by atoms with E-state index in [1.807, 2.05) is 0 Å². The Morgan fingerprint density at radius 1 is 1.14 bits per heavy atom. The zero-order valence-electron chi connectivity index (χ0n) is 11.1. The van der Waals surface area contributed by atoms with E-state index in [2.05, 4.69) is 4.98 Å². The van der Waals surface area contributed by atoms with Gasteiger partial charge in [-0.05, 0) is 30.3 Å². The van der Waals surface area contributed by atoms with Gasteiger partial charge in [0, 0.05) is 18.8 Å². The molecule has 0 bridgehead atoms. The molecule has 0 saturated heterocycles. The number of H-pyrrole nitrogens is 1. The van der Waals surface area contributed by atoms with Crippen molar-refractivity contribution in [3.63, 3.8) is 0 Å². The van der Waals surface area contributed by atoms with Gasteiger partial charge in [-0.1, -0.05) is 6.07 Å². The normalized spacial score (nSPS) is 11.1. The van der Waals surface area contributed by atoms with Crippen LogP contribution in [-0.2, 0) is 10.0 Å². The average molecular weight is 307 g/mol. The summed E-state index contributed by atoms with van der Waals surface area (Å²) in [5.41, 5.74) is 0.233. The molecule has 8 heteroatoms. The van der Waals surface area contributed by atoms with Gasteiger partial charge in [0.25, 0.3) is 5.91 Å². The number of hydrogen-bond acceptors (Lipinski definition) is 4. The maximum absolute atomic E-state index is 12.2. The fraction of sp³-hybridized carbons (Fsp3) is 0.0769. The van der Waals surface area contributed by atoms with Crippen molar-refractivity contribution in [3.8, 4) is 0 Å². The summed E-state index contributed by atoms with van der Waals surface area (Å²) in [6.07, 6.45) is 0. The lowest BCUT2D eigenvalue weighted by molar-refractivity contribution is 0.0988. The molecule has 0 fully saturated rings. The Hall–Kier alpha value is -2.45. The van der Waals surface area contributed by atoms with Crippen LogP contribution in [0.15, 0.2) is 52.2 Å². The smallest absolute Gasteiger partial charge is 0.274 e. The Labute approximate surface area is 121 Å². The topological polar surface area (TPSA) is 113 Å². The largest absolute Gasteiger partial charge is 0.318 e. The third-order valence-electron chi connectivity index (χ3n) is 2.86. The van der Waals surface area contributed by atoms with Gasteiger partial charge in [-0.2, -0.15) is 0 Å². The highest BCUT2D eigenvalue weighted by Crippen LogP contribution is 2.17. The number of sulfonamides is 1. The van der Waals surface area contributed by atoms with Crippen molar-refractivity contribution in [1.82, 2.24) is 4.98 Å². The summed E-state index contributed by atoms with van der Waals surface area (Å²) in [4.78, 5) is 27.1. The van der Waals surface area contributed by atoms with Crippen molar-refractivity contribution in [2.45, 2.75) is 4.90 Å². The monoisotopic (exact) mass is 307 g/mol. The number of nitrogens with two attached hydrogens (primary N) is 1. The minimum atomic E-state index is -3.77. The lowest BCUT2D eigenvalue weighted by Crippen LogP contribution is -2.28. The third-order valence-corrected chi connectivity index (χ3v) is 3.79. The van der Waals surface area contributed by atoms with E-state index in [-0.39, 0.29) is 16.1 Å². The number of pyridine rings is 1. The van der Waals surface area contributed by atoms with Gasteiger partial charge in [0.15, 0.2) is 0 Å². The van der Waals surface area contributed by atoms with Gasteiger partial charge in [0.2, 0.25) is 15.6 Å². The van der Waals surface area contributed by atoms with Crippen LogP contribution >= 0.6 is 0 Å². The van der Waals surface area contributed by atoms with Crippen molar-refractivity contribution >= 4 is 21.6 Å². The zero-order chi connectivity index (χ0) is 15.6. The number of carbonyl (C=O) groups excluding carboxylic acids is 1. The summed E-state index contributed by atoms with van der Waals surface area (Å²) >= 11 is 0. The van der Waals surface area contributed by atoms with Gasteiger partial charge in [0.1, 0.15) is 5.69 Å². The van der Waals surface area contributed by atoms with Crippen LogP contribution in [0.25, 0.3) is 0 Å². The molecule has 2 rings (SSSR count). The maximum Gasteiger partial charge on any atom is 0.274 e. The number of nitrogens with zero attached hydrogens (tertiary/aromatic N) is 1. The van der Waals surface area contributed by atoms with Gasteiger partial charge in [-0.3, -0.25) is 9.59 Å². The Balaban J connectivity index is 2.30. The molecule has 1 heterocycles. The lowest BCUT2D eigenvalue weighted by Gasteiger charge is -2.17. The van der Waals surface area contributed by atoms with Crippen LogP contribution in [0.1, 0.15) is 10.5 Å². The van der Waals surface area contributed by atoms with Crippen molar-refractivity contribution < 1.29 is 13.2 Å². The van der Waals surface area contributed by atoms with E-state index in [9.17, 15) is 18.0 Å². The molecule has 0 spiro atoms. The summed E-state index contributed by atoms with van der Waals surface area (Å²) in [7, 11) is -2.26. The summed E-state index contributed by atoms with van der Waals surface area (Å²) in [6.45, 7) is 0. The number of rotatable bonds is 3. The number of nitrogens with one attached hydrogen (secondary N) is 1. The van der Waals surface area contributed by atoms with Crippen molar-refractivity contribution in [1.29, 1.82) is 0 Å². The quantitative estimate of drug-likeness (QED) is 0.848. The number of anilines is 1. The predicted molar refractivity (Wildman–Crippen MR) is 77.6 cm³/mol. The molecule has 0 aliphatic rings.